The van der Waals surface area contributed by atoms with Gasteiger partial charge in [0.15, 0.2) is 0 Å². The van der Waals surface area contributed by atoms with Gasteiger partial charge < -0.3 is 5.32 Å². The van der Waals surface area contributed by atoms with E-state index < -0.39 is 0 Å². The van der Waals surface area contributed by atoms with Gasteiger partial charge in [-0.3, -0.25) is 0 Å². The normalized spacial score (nSPS) is 19.5. The SMILES string of the molecule is Cc1nsc(NCC2(C)CCC2)n1. The van der Waals surface area contributed by atoms with Crippen molar-refractivity contribution in [3.8, 4) is 0 Å². The molecule has 0 unspecified atom stereocenters. The molecular formula is C9H15N3S. The minimum absolute atomic E-state index is 0.513. The van der Waals surface area contributed by atoms with Crippen LogP contribution in [0.1, 0.15) is 32.0 Å². The van der Waals surface area contributed by atoms with Crippen molar-refractivity contribution >= 4 is 16.7 Å². The molecule has 0 saturated heterocycles. The van der Waals surface area contributed by atoms with Crippen molar-refractivity contribution in [3.05, 3.63) is 5.82 Å². The first-order valence-electron chi connectivity index (χ1n) is 4.72. The molecule has 0 radical (unpaired) electrons. The second-order valence-electron chi connectivity index (χ2n) is 4.16. The molecule has 3 nitrogen and oxygen atoms in total. The fourth-order valence-electron chi connectivity index (χ4n) is 1.61. The highest BCUT2D eigenvalue weighted by molar-refractivity contribution is 7.09. The molecule has 0 amide bonds. The van der Waals surface area contributed by atoms with Gasteiger partial charge in [-0.15, -0.1) is 0 Å². The van der Waals surface area contributed by atoms with Gasteiger partial charge in [-0.05, 0) is 25.2 Å². The zero-order valence-electron chi connectivity index (χ0n) is 8.13. The van der Waals surface area contributed by atoms with E-state index in [2.05, 4.69) is 21.6 Å². The molecule has 0 bridgehead atoms. The third-order valence-electron chi connectivity index (χ3n) is 2.75. The lowest BCUT2D eigenvalue weighted by molar-refractivity contribution is 0.180. The summed E-state index contributed by atoms with van der Waals surface area (Å²) in [5, 5.41) is 4.32. The molecular weight excluding hydrogens is 182 g/mol. The molecule has 0 aliphatic heterocycles. The van der Waals surface area contributed by atoms with E-state index in [0.29, 0.717) is 5.41 Å². The molecule has 1 saturated carbocycles. The molecule has 1 aliphatic carbocycles. The van der Waals surface area contributed by atoms with Crippen LogP contribution in [0.3, 0.4) is 0 Å². The fourth-order valence-corrected chi connectivity index (χ4v) is 2.18. The van der Waals surface area contributed by atoms with Crippen molar-refractivity contribution < 1.29 is 0 Å². The maximum atomic E-state index is 4.27. The van der Waals surface area contributed by atoms with Gasteiger partial charge >= 0.3 is 0 Å². The number of rotatable bonds is 3. The first kappa shape index (κ1) is 8.94. The molecule has 1 aliphatic rings. The van der Waals surface area contributed by atoms with Crippen LogP contribution in [-0.4, -0.2) is 15.9 Å². The number of nitrogens with one attached hydrogen (secondary N) is 1. The maximum Gasteiger partial charge on any atom is 0.202 e. The Morgan fingerprint density at radius 1 is 1.54 bits per heavy atom. The number of aryl methyl sites for hydroxylation is 1. The summed E-state index contributed by atoms with van der Waals surface area (Å²) in [6.45, 7) is 5.30. The van der Waals surface area contributed by atoms with Gasteiger partial charge in [0, 0.05) is 18.1 Å². The van der Waals surface area contributed by atoms with Crippen LogP contribution in [0.15, 0.2) is 0 Å². The van der Waals surface area contributed by atoms with Gasteiger partial charge in [-0.1, -0.05) is 13.3 Å². The van der Waals surface area contributed by atoms with Crippen LogP contribution in [0, 0.1) is 12.3 Å². The van der Waals surface area contributed by atoms with Gasteiger partial charge in [0.1, 0.15) is 5.82 Å². The van der Waals surface area contributed by atoms with Crippen LogP contribution in [-0.2, 0) is 0 Å². The summed E-state index contributed by atoms with van der Waals surface area (Å²) < 4.78 is 4.13. The van der Waals surface area contributed by atoms with Crippen molar-refractivity contribution in [3.63, 3.8) is 0 Å². The standard InChI is InChI=1S/C9H15N3S/c1-7-11-8(13-12-7)10-6-9(2)4-3-5-9/h3-6H2,1-2H3,(H,10,11,12). The van der Waals surface area contributed by atoms with Crippen molar-refractivity contribution in [2.75, 3.05) is 11.9 Å². The highest BCUT2D eigenvalue weighted by Gasteiger charge is 2.31. The second-order valence-corrected chi connectivity index (χ2v) is 4.92. The lowest BCUT2D eigenvalue weighted by Gasteiger charge is -2.38. The first-order valence-corrected chi connectivity index (χ1v) is 5.50. The summed E-state index contributed by atoms with van der Waals surface area (Å²) >= 11 is 1.45. The molecule has 0 atom stereocenters. The Labute approximate surface area is 82.8 Å². The summed E-state index contributed by atoms with van der Waals surface area (Å²) in [6.07, 6.45) is 4.07. The monoisotopic (exact) mass is 197 g/mol. The molecule has 1 fully saturated rings. The minimum atomic E-state index is 0.513. The van der Waals surface area contributed by atoms with E-state index in [1.807, 2.05) is 6.92 Å². The smallest absolute Gasteiger partial charge is 0.202 e. The Hall–Kier alpha value is -0.640. The van der Waals surface area contributed by atoms with E-state index in [1.165, 1.54) is 30.8 Å². The predicted molar refractivity (Wildman–Crippen MR) is 55.1 cm³/mol. The average Bonchev–Trinajstić information content (AvgIpc) is 2.44. The van der Waals surface area contributed by atoms with E-state index in [9.17, 15) is 0 Å². The van der Waals surface area contributed by atoms with Gasteiger partial charge in [-0.2, -0.15) is 4.37 Å². The van der Waals surface area contributed by atoms with Crippen LogP contribution in [0.5, 0.6) is 0 Å². The highest BCUT2D eigenvalue weighted by Crippen LogP contribution is 2.40. The molecule has 13 heavy (non-hydrogen) atoms. The van der Waals surface area contributed by atoms with Gasteiger partial charge in [-0.25, -0.2) is 4.98 Å². The van der Waals surface area contributed by atoms with Crippen LogP contribution in [0.2, 0.25) is 0 Å². The molecule has 4 heteroatoms. The summed E-state index contributed by atoms with van der Waals surface area (Å²) in [5.41, 5.74) is 0.513. The third kappa shape index (κ3) is 1.99. The van der Waals surface area contributed by atoms with E-state index in [0.717, 1.165) is 17.5 Å². The quantitative estimate of drug-likeness (QED) is 0.808. The largest absolute Gasteiger partial charge is 0.360 e. The predicted octanol–water partition coefficient (Wildman–Crippen LogP) is 2.45. The minimum Gasteiger partial charge on any atom is -0.360 e. The van der Waals surface area contributed by atoms with E-state index in [4.69, 9.17) is 0 Å². The van der Waals surface area contributed by atoms with Crippen molar-refractivity contribution in [1.82, 2.24) is 9.36 Å². The summed E-state index contributed by atoms with van der Waals surface area (Å²) in [6, 6.07) is 0. The molecule has 1 N–H and O–H groups in total. The number of hydrogen-bond acceptors (Lipinski definition) is 4. The Morgan fingerprint density at radius 2 is 2.31 bits per heavy atom. The molecule has 1 aromatic rings. The Morgan fingerprint density at radius 3 is 2.77 bits per heavy atom. The average molecular weight is 197 g/mol. The second kappa shape index (κ2) is 3.25. The lowest BCUT2D eigenvalue weighted by atomic mass is 9.70. The van der Waals surface area contributed by atoms with Crippen molar-refractivity contribution in [2.24, 2.45) is 5.41 Å². The number of nitrogens with zero attached hydrogens (tertiary/aromatic N) is 2. The van der Waals surface area contributed by atoms with Crippen LogP contribution < -0.4 is 5.32 Å². The zero-order chi connectivity index (χ0) is 9.31. The number of anilines is 1. The summed E-state index contributed by atoms with van der Waals surface area (Å²) in [4.78, 5) is 4.27. The highest BCUT2D eigenvalue weighted by atomic mass is 32.1. The fraction of sp³-hybridized carbons (Fsp3) is 0.778. The topological polar surface area (TPSA) is 37.8 Å². The Bertz CT molecular complexity index is 291. The molecule has 2 rings (SSSR count). The third-order valence-corrected chi connectivity index (χ3v) is 3.52. The van der Waals surface area contributed by atoms with E-state index >= 15 is 0 Å². The lowest BCUT2D eigenvalue weighted by Crippen LogP contribution is -2.33. The molecule has 0 spiro atoms. The molecule has 1 heterocycles. The van der Waals surface area contributed by atoms with E-state index in [-0.39, 0.29) is 0 Å². The van der Waals surface area contributed by atoms with Crippen molar-refractivity contribution in [2.45, 2.75) is 33.1 Å². The number of aromatic nitrogens is 2. The molecule has 1 aromatic heterocycles. The van der Waals surface area contributed by atoms with Crippen LogP contribution >= 0.6 is 11.5 Å². The Balaban J connectivity index is 1.85. The summed E-state index contributed by atoms with van der Waals surface area (Å²) in [7, 11) is 0. The van der Waals surface area contributed by atoms with Crippen LogP contribution in [0.25, 0.3) is 0 Å². The zero-order valence-corrected chi connectivity index (χ0v) is 8.95. The molecule has 0 aromatic carbocycles. The van der Waals surface area contributed by atoms with Gasteiger partial charge in [0.25, 0.3) is 0 Å². The van der Waals surface area contributed by atoms with Crippen LogP contribution in [0.4, 0.5) is 5.13 Å². The van der Waals surface area contributed by atoms with Gasteiger partial charge in [0.2, 0.25) is 5.13 Å². The number of hydrogen-bond donors (Lipinski definition) is 1. The maximum absolute atomic E-state index is 4.27. The van der Waals surface area contributed by atoms with Gasteiger partial charge in [0.05, 0.1) is 0 Å². The summed E-state index contributed by atoms with van der Waals surface area (Å²) in [5.74, 6) is 0.867. The molecule has 72 valence electrons. The first-order chi connectivity index (χ1) is 6.18. The Kier molecular flexibility index (Phi) is 2.24. The van der Waals surface area contributed by atoms with E-state index in [1.54, 1.807) is 0 Å². The van der Waals surface area contributed by atoms with Crippen molar-refractivity contribution in [1.29, 1.82) is 0 Å².